The van der Waals surface area contributed by atoms with Gasteiger partial charge in [0.15, 0.2) is 0 Å². The molecular formula is C14H10Br2N2O2. The van der Waals surface area contributed by atoms with Gasteiger partial charge in [-0.2, -0.15) is 5.26 Å². The van der Waals surface area contributed by atoms with Crippen LogP contribution >= 0.6 is 31.9 Å². The monoisotopic (exact) mass is 396 g/mol. The van der Waals surface area contributed by atoms with Gasteiger partial charge in [0, 0.05) is 6.07 Å². The van der Waals surface area contributed by atoms with E-state index in [4.69, 9.17) is 20.5 Å². The number of hydrogen-bond acceptors (Lipinski definition) is 4. The van der Waals surface area contributed by atoms with Crippen LogP contribution in [0.15, 0.2) is 39.3 Å². The molecule has 0 aliphatic heterocycles. The predicted molar refractivity (Wildman–Crippen MR) is 84.0 cm³/mol. The van der Waals surface area contributed by atoms with Gasteiger partial charge in [-0.25, -0.2) is 0 Å². The fraction of sp³-hybridized carbons (Fsp3) is 0.0714. The first-order chi connectivity index (χ1) is 9.55. The van der Waals surface area contributed by atoms with Crippen LogP contribution in [-0.2, 0) is 0 Å². The van der Waals surface area contributed by atoms with E-state index >= 15 is 0 Å². The van der Waals surface area contributed by atoms with Crippen LogP contribution in [0.2, 0.25) is 0 Å². The molecule has 0 atom stereocenters. The summed E-state index contributed by atoms with van der Waals surface area (Å²) in [5.41, 5.74) is 6.56. The zero-order valence-corrected chi connectivity index (χ0v) is 13.7. The molecule has 2 N–H and O–H groups in total. The van der Waals surface area contributed by atoms with Gasteiger partial charge >= 0.3 is 0 Å². The summed E-state index contributed by atoms with van der Waals surface area (Å²) in [4.78, 5) is 0. The lowest BCUT2D eigenvalue weighted by atomic mass is 10.2. The molecule has 20 heavy (non-hydrogen) atoms. The number of ether oxygens (including phenoxy) is 2. The summed E-state index contributed by atoms with van der Waals surface area (Å²) in [6.45, 7) is 0. The number of nitrogens with zero attached hydrogens (tertiary/aromatic N) is 1. The standard InChI is InChI=1S/C14H10Br2N2O2/c1-19-13-5-11(16)14(6-10(13)15)20-9-3-2-8(7-17)12(18)4-9/h2-6H,18H2,1H3. The minimum atomic E-state index is 0.383. The second-order valence-electron chi connectivity index (χ2n) is 3.88. The number of methoxy groups -OCH3 is 1. The Morgan fingerprint density at radius 2 is 1.75 bits per heavy atom. The minimum absolute atomic E-state index is 0.383. The molecule has 0 fully saturated rings. The van der Waals surface area contributed by atoms with E-state index in [2.05, 4.69) is 31.9 Å². The van der Waals surface area contributed by atoms with Crippen molar-refractivity contribution < 1.29 is 9.47 Å². The van der Waals surface area contributed by atoms with E-state index in [9.17, 15) is 0 Å². The highest BCUT2D eigenvalue weighted by atomic mass is 79.9. The minimum Gasteiger partial charge on any atom is -0.496 e. The molecule has 0 aliphatic rings. The van der Waals surface area contributed by atoms with Crippen molar-refractivity contribution in [3.8, 4) is 23.3 Å². The quantitative estimate of drug-likeness (QED) is 0.776. The van der Waals surface area contributed by atoms with E-state index in [0.717, 1.165) is 8.95 Å². The van der Waals surface area contributed by atoms with Crippen LogP contribution in [0.1, 0.15) is 5.56 Å². The lowest BCUT2D eigenvalue weighted by molar-refractivity contribution is 0.409. The molecule has 0 saturated carbocycles. The van der Waals surface area contributed by atoms with Crippen molar-refractivity contribution in [2.24, 2.45) is 0 Å². The maximum atomic E-state index is 8.84. The third kappa shape index (κ3) is 3.06. The second-order valence-corrected chi connectivity index (χ2v) is 5.59. The first-order valence-corrected chi connectivity index (χ1v) is 7.14. The van der Waals surface area contributed by atoms with Crippen LogP contribution < -0.4 is 15.2 Å². The van der Waals surface area contributed by atoms with E-state index in [0.29, 0.717) is 28.5 Å². The van der Waals surface area contributed by atoms with Crippen LogP contribution in [0.5, 0.6) is 17.2 Å². The molecule has 6 heteroatoms. The number of hydrogen-bond donors (Lipinski definition) is 1. The van der Waals surface area contributed by atoms with Crippen LogP contribution in [0.3, 0.4) is 0 Å². The average Bonchev–Trinajstić information content (AvgIpc) is 2.42. The summed E-state index contributed by atoms with van der Waals surface area (Å²) in [5.74, 6) is 1.87. The van der Waals surface area contributed by atoms with Crippen molar-refractivity contribution in [3.63, 3.8) is 0 Å². The highest BCUT2D eigenvalue weighted by Crippen LogP contribution is 2.38. The highest BCUT2D eigenvalue weighted by molar-refractivity contribution is 9.11. The molecule has 0 saturated heterocycles. The van der Waals surface area contributed by atoms with E-state index in [1.807, 2.05) is 6.07 Å². The lowest BCUT2D eigenvalue weighted by Crippen LogP contribution is -1.93. The Balaban J connectivity index is 2.33. The molecule has 0 heterocycles. The Morgan fingerprint density at radius 1 is 1.10 bits per heavy atom. The second kappa shape index (κ2) is 6.16. The molecule has 102 valence electrons. The Kier molecular flexibility index (Phi) is 4.53. The zero-order valence-electron chi connectivity index (χ0n) is 10.5. The largest absolute Gasteiger partial charge is 0.496 e. The number of halogens is 2. The Morgan fingerprint density at radius 3 is 2.35 bits per heavy atom. The van der Waals surface area contributed by atoms with Crippen LogP contribution in [0.4, 0.5) is 5.69 Å². The SMILES string of the molecule is COc1cc(Br)c(Oc2ccc(C#N)c(N)c2)cc1Br. The number of nitrogens with two attached hydrogens (primary N) is 1. The van der Waals surface area contributed by atoms with Crippen molar-refractivity contribution in [2.45, 2.75) is 0 Å². The molecule has 4 nitrogen and oxygen atoms in total. The van der Waals surface area contributed by atoms with E-state index < -0.39 is 0 Å². The van der Waals surface area contributed by atoms with E-state index in [1.165, 1.54) is 0 Å². The molecule has 0 amide bonds. The van der Waals surface area contributed by atoms with Crippen molar-refractivity contribution in [1.82, 2.24) is 0 Å². The van der Waals surface area contributed by atoms with Gasteiger partial charge in [-0.1, -0.05) is 0 Å². The zero-order chi connectivity index (χ0) is 14.7. The molecule has 2 rings (SSSR count). The molecule has 0 radical (unpaired) electrons. The summed E-state index contributed by atoms with van der Waals surface area (Å²) in [7, 11) is 1.59. The van der Waals surface area contributed by atoms with Crippen LogP contribution in [0, 0.1) is 11.3 Å². The van der Waals surface area contributed by atoms with Crippen molar-refractivity contribution >= 4 is 37.5 Å². The molecule has 0 aromatic heterocycles. The molecule has 2 aromatic carbocycles. The number of nitriles is 1. The van der Waals surface area contributed by atoms with Crippen LogP contribution in [0.25, 0.3) is 0 Å². The molecule has 0 spiro atoms. The van der Waals surface area contributed by atoms with Crippen molar-refractivity contribution in [2.75, 3.05) is 12.8 Å². The van der Waals surface area contributed by atoms with Gasteiger partial charge in [0.2, 0.25) is 0 Å². The van der Waals surface area contributed by atoms with Gasteiger partial charge < -0.3 is 15.2 Å². The fourth-order valence-corrected chi connectivity index (χ4v) is 2.47. The van der Waals surface area contributed by atoms with Gasteiger partial charge in [0.05, 0.1) is 27.3 Å². The summed E-state index contributed by atoms with van der Waals surface area (Å²) < 4.78 is 12.5. The van der Waals surface area contributed by atoms with Crippen molar-refractivity contribution in [1.29, 1.82) is 5.26 Å². The summed E-state index contributed by atoms with van der Waals surface area (Å²) >= 11 is 6.82. The maximum absolute atomic E-state index is 8.84. The highest BCUT2D eigenvalue weighted by Gasteiger charge is 2.10. The summed E-state index contributed by atoms with van der Waals surface area (Å²) in [6, 6.07) is 10.5. The number of anilines is 1. The molecule has 2 aromatic rings. The normalized spacial score (nSPS) is 9.90. The Labute approximate surface area is 133 Å². The number of rotatable bonds is 3. The molecular weight excluding hydrogens is 388 g/mol. The maximum Gasteiger partial charge on any atom is 0.143 e. The van der Waals surface area contributed by atoms with Crippen molar-refractivity contribution in [3.05, 3.63) is 44.8 Å². The van der Waals surface area contributed by atoms with E-state index in [1.54, 1.807) is 37.4 Å². The number of nitrogen functional groups attached to an aromatic ring is 1. The fourth-order valence-electron chi connectivity index (χ4n) is 1.58. The van der Waals surface area contributed by atoms with Gasteiger partial charge in [0.1, 0.15) is 23.3 Å². The molecule has 0 bridgehead atoms. The smallest absolute Gasteiger partial charge is 0.143 e. The summed E-state index contributed by atoms with van der Waals surface area (Å²) in [6.07, 6.45) is 0. The predicted octanol–water partition coefficient (Wildman–Crippen LogP) is 4.47. The van der Waals surface area contributed by atoms with Gasteiger partial charge in [0.25, 0.3) is 0 Å². The Hall–Kier alpha value is -1.71. The van der Waals surface area contributed by atoms with Gasteiger partial charge in [-0.3, -0.25) is 0 Å². The van der Waals surface area contributed by atoms with E-state index in [-0.39, 0.29) is 0 Å². The third-order valence-corrected chi connectivity index (χ3v) is 3.82. The number of benzene rings is 2. The Bertz CT molecular complexity index is 696. The van der Waals surface area contributed by atoms with Crippen LogP contribution in [-0.4, -0.2) is 7.11 Å². The lowest BCUT2D eigenvalue weighted by Gasteiger charge is -2.11. The third-order valence-electron chi connectivity index (χ3n) is 2.58. The average molecular weight is 398 g/mol. The topological polar surface area (TPSA) is 68.3 Å². The van der Waals surface area contributed by atoms with Gasteiger partial charge in [-0.05, 0) is 56.1 Å². The summed E-state index contributed by atoms with van der Waals surface area (Å²) in [5, 5.41) is 8.84. The molecule has 0 unspecified atom stereocenters. The van der Waals surface area contributed by atoms with Gasteiger partial charge in [-0.15, -0.1) is 0 Å². The first kappa shape index (κ1) is 14.7. The molecule has 0 aliphatic carbocycles. The first-order valence-electron chi connectivity index (χ1n) is 5.55.